The highest BCUT2D eigenvalue weighted by Crippen LogP contribution is 2.26. The van der Waals surface area contributed by atoms with Gasteiger partial charge < -0.3 is 5.32 Å². The van der Waals surface area contributed by atoms with Gasteiger partial charge in [0.1, 0.15) is 5.82 Å². The molecule has 0 radical (unpaired) electrons. The molecule has 0 aliphatic carbocycles. The molecule has 92 valence electrons. The summed E-state index contributed by atoms with van der Waals surface area (Å²) in [5.41, 5.74) is 3.38. The molecule has 1 nitrogen and oxygen atoms in total. The first-order chi connectivity index (χ1) is 8.83. The maximum atomic E-state index is 13.2. The minimum atomic E-state index is -0.184. The summed E-state index contributed by atoms with van der Waals surface area (Å²) >= 11 is 0. The van der Waals surface area contributed by atoms with Gasteiger partial charge in [0.05, 0.1) is 0 Å². The largest absolute Gasteiger partial charge is 0.316 e. The van der Waals surface area contributed by atoms with Gasteiger partial charge in [-0.2, -0.15) is 0 Å². The fourth-order valence-electron chi connectivity index (χ4n) is 2.55. The molecular weight excluding hydrogens is 225 g/mol. The summed E-state index contributed by atoms with van der Waals surface area (Å²) in [5.74, 6) is 0.447. The van der Waals surface area contributed by atoms with Gasteiger partial charge in [0.15, 0.2) is 0 Å². The van der Waals surface area contributed by atoms with Crippen LogP contribution in [-0.4, -0.2) is 13.1 Å². The summed E-state index contributed by atoms with van der Waals surface area (Å²) in [5, 5.41) is 3.37. The van der Waals surface area contributed by atoms with Gasteiger partial charge in [-0.15, -0.1) is 0 Å². The van der Waals surface area contributed by atoms with Crippen LogP contribution in [0.25, 0.3) is 11.1 Å². The number of hydrogen-bond donors (Lipinski definition) is 1. The van der Waals surface area contributed by atoms with Crippen LogP contribution in [0.3, 0.4) is 0 Å². The Labute approximate surface area is 107 Å². The minimum Gasteiger partial charge on any atom is -0.316 e. The predicted molar refractivity (Wildman–Crippen MR) is 72.1 cm³/mol. The van der Waals surface area contributed by atoms with E-state index in [1.807, 2.05) is 6.07 Å². The molecule has 2 aromatic rings. The van der Waals surface area contributed by atoms with Crippen molar-refractivity contribution in [3.05, 3.63) is 59.9 Å². The zero-order chi connectivity index (χ0) is 12.4. The predicted octanol–water partition coefficient (Wildman–Crippen LogP) is 3.57. The van der Waals surface area contributed by atoms with Gasteiger partial charge in [-0.05, 0) is 47.7 Å². The number of rotatable bonds is 2. The average molecular weight is 241 g/mol. The van der Waals surface area contributed by atoms with Crippen LogP contribution in [0.5, 0.6) is 0 Å². The molecule has 0 bridgehead atoms. The van der Waals surface area contributed by atoms with Crippen molar-refractivity contribution in [1.82, 2.24) is 5.32 Å². The first kappa shape index (κ1) is 11.4. The van der Waals surface area contributed by atoms with Crippen molar-refractivity contribution in [3.8, 4) is 11.1 Å². The van der Waals surface area contributed by atoms with Gasteiger partial charge in [-0.25, -0.2) is 4.39 Å². The highest BCUT2D eigenvalue weighted by Gasteiger charge is 2.16. The van der Waals surface area contributed by atoms with Crippen LogP contribution in [0.4, 0.5) is 4.39 Å². The molecule has 1 aliphatic rings. The third-order valence-corrected chi connectivity index (χ3v) is 3.60. The molecule has 2 heteroatoms. The maximum absolute atomic E-state index is 13.2. The molecule has 1 unspecified atom stereocenters. The lowest BCUT2D eigenvalue weighted by Gasteiger charge is -2.09. The Hall–Kier alpha value is -1.67. The monoisotopic (exact) mass is 241 g/mol. The van der Waals surface area contributed by atoms with E-state index < -0.39 is 0 Å². The third kappa shape index (κ3) is 2.29. The lowest BCUT2D eigenvalue weighted by molar-refractivity contribution is 0.628. The van der Waals surface area contributed by atoms with Crippen LogP contribution in [0.1, 0.15) is 17.9 Å². The fraction of sp³-hybridized carbons (Fsp3) is 0.250. The Morgan fingerprint density at radius 1 is 1.00 bits per heavy atom. The molecule has 18 heavy (non-hydrogen) atoms. The third-order valence-electron chi connectivity index (χ3n) is 3.60. The molecule has 0 amide bonds. The van der Waals surface area contributed by atoms with Crippen LogP contribution in [0.15, 0.2) is 48.5 Å². The number of halogens is 1. The van der Waals surface area contributed by atoms with Crippen molar-refractivity contribution in [2.75, 3.05) is 13.1 Å². The highest BCUT2D eigenvalue weighted by molar-refractivity contribution is 5.63. The fourth-order valence-corrected chi connectivity index (χ4v) is 2.55. The summed E-state index contributed by atoms with van der Waals surface area (Å²) in [6.45, 7) is 2.18. The molecule has 0 saturated carbocycles. The first-order valence-electron chi connectivity index (χ1n) is 6.39. The van der Waals surface area contributed by atoms with Gasteiger partial charge in [0.2, 0.25) is 0 Å². The first-order valence-corrected chi connectivity index (χ1v) is 6.39. The lowest BCUT2D eigenvalue weighted by atomic mass is 9.96. The van der Waals surface area contributed by atoms with Crippen LogP contribution in [0, 0.1) is 5.82 Å². The minimum absolute atomic E-state index is 0.184. The molecule has 1 fully saturated rings. The molecule has 1 atom stereocenters. The van der Waals surface area contributed by atoms with E-state index in [0.29, 0.717) is 5.92 Å². The average Bonchev–Trinajstić information content (AvgIpc) is 2.93. The van der Waals surface area contributed by atoms with Crippen LogP contribution in [-0.2, 0) is 0 Å². The quantitative estimate of drug-likeness (QED) is 0.847. The second-order valence-corrected chi connectivity index (χ2v) is 4.82. The van der Waals surface area contributed by atoms with E-state index >= 15 is 0 Å². The Balaban J connectivity index is 1.86. The zero-order valence-corrected chi connectivity index (χ0v) is 10.2. The van der Waals surface area contributed by atoms with Crippen molar-refractivity contribution in [2.24, 2.45) is 0 Å². The number of nitrogens with one attached hydrogen (secondary N) is 1. The van der Waals surface area contributed by atoms with E-state index in [-0.39, 0.29) is 5.82 Å². The normalized spacial score (nSPS) is 19.1. The Bertz CT molecular complexity index is 527. The molecule has 0 spiro atoms. The SMILES string of the molecule is Fc1cccc(-c2ccc(C3CCNC3)cc2)c1. The van der Waals surface area contributed by atoms with Crippen molar-refractivity contribution in [1.29, 1.82) is 0 Å². The van der Waals surface area contributed by atoms with Gasteiger partial charge >= 0.3 is 0 Å². The highest BCUT2D eigenvalue weighted by atomic mass is 19.1. The second-order valence-electron chi connectivity index (χ2n) is 4.82. The molecule has 0 aromatic heterocycles. The smallest absolute Gasteiger partial charge is 0.123 e. The zero-order valence-electron chi connectivity index (χ0n) is 10.2. The lowest BCUT2D eigenvalue weighted by Crippen LogP contribution is -2.07. The van der Waals surface area contributed by atoms with Gasteiger partial charge in [0, 0.05) is 6.54 Å². The molecule has 1 heterocycles. The molecule has 2 aromatic carbocycles. The molecule has 3 rings (SSSR count). The molecule has 1 N–H and O–H groups in total. The summed E-state index contributed by atoms with van der Waals surface area (Å²) < 4.78 is 13.2. The van der Waals surface area contributed by atoms with Crippen molar-refractivity contribution < 1.29 is 4.39 Å². The maximum Gasteiger partial charge on any atom is 0.123 e. The van der Waals surface area contributed by atoms with Crippen LogP contribution in [0.2, 0.25) is 0 Å². The van der Waals surface area contributed by atoms with Crippen molar-refractivity contribution in [3.63, 3.8) is 0 Å². The van der Waals surface area contributed by atoms with Crippen LogP contribution < -0.4 is 5.32 Å². The summed E-state index contributed by atoms with van der Waals surface area (Å²) in [7, 11) is 0. The Morgan fingerprint density at radius 3 is 2.50 bits per heavy atom. The number of hydrogen-bond acceptors (Lipinski definition) is 1. The molecule has 1 aliphatic heterocycles. The van der Waals surface area contributed by atoms with E-state index in [2.05, 4.69) is 29.6 Å². The summed E-state index contributed by atoms with van der Waals surface area (Å²) in [4.78, 5) is 0. The van der Waals surface area contributed by atoms with Gasteiger partial charge in [-0.1, -0.05) is 36.4 Å². The van der Waals surface area contributed by atoms with E-state index in [9.17, 15) is 4.39 Å². The van der Waals surface area contributed by atoms with Gasteiger partial charge in [-0.3, -0.25) is 0 Å². The van der Waals surface area contributed by atoms with Gasteiger partial charge in [0.25, 0.3) is 0 Å². The van der Waals surface area contributed by atoms with E-state index in [0.717, 1.165) is 24.2 Å². The van der Waals surface area contributed by atoms with Crippen molar-refractivity contribution >= 4 is 0 Å². The van der Waals surface area contributed by atoms with Crippen molar-refractivity contribution in [2.45, 2.75) is 12.3 Å². The molecule has 1 saturated heterocycles. The Morgan fingerprint density at radius 2 is 1.83 bits per heavy atom. The second kappa shape index (κ2) is 4.91. The van der Waals surface area contributed by atoms with Crippen LogP contribution >= 0.6 is 0 Å². The molecular formula is C16H16FN. The van der Waals surface area contributed by atoms with E-state index in [1.54, 1.807) is 12.1 Å². The Kier molecular flexibility index (Phi) is 3.11. The number of benzene rings is 2. The van der Waals surface area contributed by atoms with E-state index in [4.69, 9.17) is 0 Å². The topological polar surface area (TPSA) is 12.0 Å². The summed E-state index contributed by atoms with van der Waals surface area (Å²) in [6, 6.07) is 15.2. The standard InChI is InChI=1S/C16H16FN/c17-16-3-1-2-14(10-16)12-4-6-13(7-5-12)15-8-9-18-11-15/h1-7,10,15,18H,8-9,11H2. The van der Waals surface area contributed by atoms with E-state index in [1.165, 1.54) is 18.1 Å². The summed E-state index contributed by atoms with van der Waals surface area (Å²) in [6.07, 6.45) is 1.21.